The number of nitrogen functional groups attached to an aromatic ring is 1. The van der Waals surface area contributed by atoms with Gasteiger partial charge in [0.05, 0.1) is 13.2 Å². The Balaban J connectivity index is 2.80. The van der Waals surface area contributed by atoms with Gasteiger partial charge in [0.2, 0.25) is 11.0 Å². The third kappa shape index (κ3) is 2.85. The van der Waals surface area contributed by atoms with Crippen molar-refractivity contribution in [1.82, 2.24) is 4.98 Å². The maximum Gasteiger partial charge on any atom is 0.262 e. The monoisotopic (exact) mass is 309 g/mol. The second-order valence-corrected chi connectivity index (χ2v) is 4.72. The lowest BCUT2D eigenvalue weighted by Crippen LogP contribution is -2.44. The number of fused-ring (bicyclic) bond motifs is 1. The Morgan fingerprint density at radius 3 is 2.38 bits per heavy atom. The topological polar surface area (TPSA) is 85.1 Å². The van der Waals surface area contributed by atoms with Crippen LogP contribution in [0.2, 0.25) is 5.15 Å². The fourth-order valence-electron chi connectivity index (χ4n) is 2.09. The number of ether oxygens (including phenoxy) is 2. The van der Waals surface area contributed by atoms with Gasteiger partial charge in [-0.2, -0.15) is 9.98 Å². The van der Waals surface area contributed by atoms with Crippen LogP contribution >= 0.6 is 11.6 Å². The predicted octanol–water partition coefficient (Wildman–Crippen LogP) is 2.40. The van der Waals surface area contributed by atoms with Crippen LogP contribution in [-0.2, 0) is 0 Å². The molecule has 0 saturated heterocycles. The molecular formula is C14H18ClN4O2+. The number of nitrogens with one attached hydrogen (secondary N) is 1. The standard InChI is InChI=1S/C14H17ClN4O2/c1-4-20-11-6-9-10(7-12(11)21-5-2)19(8(3)16)14(17)13(15)18-9/h6-7,16-17H,4-5H2,1-3H3/p+1. The van der Waals surface area contributed by atoms with E-state index < -0.39 is 0 Å². The zero-order chi connectivity index (χ0) is 15.6. The zero-order valence-corrected chi connectivity index (χ0v) is 13.0. The molecule has 0 aliphatic rings. The number of halogens is 1. The Morgan fingerprint density at radius 1 is 1.29 bits per heavy atom. The number of rotatable bonds is 4. The van der Waals surface area contributed by atoms with Crippen LogP contribution in [0.5, 0.6) is 11.5 Å². The van der Waals surface area contributed by atoms with Crippen molar-refractivity contribution in [3.63, 3.8) is 0 Å². The van der Waals surface area contributed by atoms with Crippen LogP contribution in [0.15, 0.2) is 12.1 Å². The molecule has 0 spiro atoms. The molecule has 0 aliphatic heterocycles. The van der Waals surface area contributed by atoms with Crippen molar-refractivity contribution >= 4 is 34.3 Å². The second kappa shape index (κ2) is 6.13. The quantitative estimate of drug-likeness (QED) is 0.516. The van der Waals surface area contributed by atoms with Gasteiger partial charge in [-0.1, -0.05) is 11.6 Å². The molecule has 21 heavy (non-hydrogen) atoms. The van der Waals surface area contributed by atoms with Gasteiger partial charge in [-0.05, 0) is 13.8 Å². The van der Waals surface area contributed by atoms with Gasteiger partial charge in [-0.15, -0.1) is 0 Å². The van der Waals surface area contributed by atoms with Crippen LogP contribution in [0, 0.1) is 5.41 Å². The molecule has 1 aromatic heterocycles. The minimum Gasteiger partial charge on any atom is -0.490 e. The molecule has 3 N–H and O–H groups in total. The first-order chi connectivity index (χ1) is 9.99. The molecule has 0 fully saturated rings. The molecule has 0 bridgehead atoms. The van der Waals surface area contributed by atoms with E-state index in [0.29, 0.717) is 35.7 Å². The van der Waals surface area contributed by atoms with Crippen molar-refractivity contribution < 1.29 is 14.0 Å². The van der Waals surface area contributed by atoms with Gasteiger partial charge in [-0.25, -0.2) is 4.98 Å². The van der Waals surface area contributed by atoms with E-state index in [4.69, 9.17) is 32.2 Å². The van der Waals surface area contributed by atoms with Crippen molar-refractivity contribution in [3.05, 3.63) is 17.3 Å². The second-order valence-electron chi connectivity index (χ2n) is 4.36. The number of aromatic nitrogens is 2. The molecule has 0 aliphatic carbocycles. The largest absolute Gasteiger partial charge is 0.490 e. The van der Waals surface area contributed by atoms with Crippen molar-refractivity contribution in [1.29, 1.82) is 5.41 Å². The average molecular weight is 310 g/mol. The highest BCUT2D eigenvalue weighted by Gasteiger charge is 2.20. The summed E-state index contributed by atoms with van der Waals surface area (Å²) in [5.41, 5.74) is 7.17. The van der Waals surface area contributed by atoms with Crippen molar-refractivity contribution in [2.45, 2.75) is 20.8 Å². The van der Waals surface area contributed by atoms with Crippen LogP contribution in [-0.4, -0.2) is 24.0 Å². The van der Waals surface area contributed by atoms with E-state index in [9.17, 15) is 0 Å². The fourth-order valence-corrected chi connectivity index (χ4v) is 2.27. The van der Waals surface area contributed by atoms with E-state index in [2.05, 4.69) is 4.98 Å². The minimum absolute atomic E-state index is 0.153. The smallest absolute Gasteiger partial charge is 0.262 e. The van der Waals surface area contributed by atoms with Gasteiger partial charge < -0.3 is 15.2 Å². The van der Waals surface area contributed by atoms with E-state index in [-0.39, 0.29) is 16.8 Å². The van der Waals surface area contributed by atoms with E-state index in [1.807, 2.05) is 13.8 Å². The number of hydrogen-bond donors (Lipinski definition) is 2. The summed E-state index contributed by atoms with van der Waals surface area (Å²) in [4.78, 5) is 4.25. The number of anilines is 1. The molecule has 0 saturated carbocycles. The van der Waals surface area contributed by atoms with Gasteiger partial charge in [0.1, 0.15) is 11.0 Å². The molecule has 6 nitrogen and oxygen atoms in total. The maximum atomic E-state index is 7.89. The molecule has 7 heteroatoms. The first kappa shape index (κ1) is 15.3. The number of nitrogens with two attached hydrogens (primary N) is 1. The van der Waals surface area contributed by atoms with Gasteiger partial charge in [0.15, 0.2) is 11.5 Å². The molecule has 1 heterocycles. The van der Waals surface area contributed by atoms with E-state index in [1.54, 1.807) is 19.1 Å². The maximum absolute atomic E-state index is 7.89. The van der Waals surface area contributed by atoms with Gasteiger partial charge in [-0.3, -0.25) is 0 Å². The first-order valence-corrected chi connectivity index (χ1v) is 7.03. The van der Waals surface area contributed by atoms with Crippen LogP contribution in [0.3, 0.4) is 0 Å². The molecule has 0 unspecified atom stereocenters. The van der Waals surface area contributed by atoms with Gasteiger partial charge in [0, 0.05) is 19.1 Å². The lowest BCUT2D eigenvalue weighted by Gasteiger charge is -2.13. The summed E-state index contributed by atoms with van der Waals surface area (Å²) >= 11 is 6.04. The molecule has 112 valence electrons. The van der Waals surface area contributed by atoms with Crippen LogP contribution < -0.4 is 19.8 Å². The molecule has 0 atom stereocenters. The average Bonchev–Trinajstić information content (AvgIpc) is 2.42. The molecule has 0 amide bonds. The van der Waals surface area contributed by atoms with Crippen LogP contribution in [0.25, 0.3) is 11.0 Å². The summed E-state index contributed by atoms with van der Waals surface area (Å²) in [5.74, 6) is 1.65. The van der Waals surface area contributed by atoms with E-state index in [0.717, 1.165) is 0 Å². The number of benzene rings is 1. The normalized spacial score (nSPS) is 10.7. The summed E-state index contributed by atoms with van der Waals surface area (Å²) in [5, 5.41) is 8.04. The first-order valence-electron chi connectivity index (χ1n) is 6.65. The lowest BCUT2D eigenvalue weighted by atomic mass is 10.2. The minimum atomic E-state index is 0.153. The Morgan fingerprint density at radius 2 is 1.86 bits per heavy atom. The third-order valence-electron chi connectivity index (χ3n) is 2.89. The number of hydrogen-bond acceptors (Lipinski definition) is 5. The summed E-state index contributed by atoms with van der Waals surface area (Å²) in [6.45, 7) is 6.43. The summed E-state index contributed by atoms with van der Waals surface area (Å²) < 4.78 is 12.7. The van der Waals surface area contributed by atoms with Crippen LogP contribution in [0.4, 0.5) is 5.82 Å². The Kier molecular flexibility index (Phi) is 4.47. The Labute approximate surface area is 128 Å². The number of nitrogens with zero attached hydrogens (tertiary/aromatic N) is 2. The van der Waals surface area contributed by atoms with E-state index >= 15 is 0 Å². The van der Waals surface area contributed by atoms with Crippen molar-refractivity contribution in [3.8, 4) is 11.5 Å². The molecule has 2 rings (SSSR count). The summed E-state index contributed by atoms with van der Waals surface area (Å²) in [6, 6.07) is 3.51. The summed E-state index contributed by atoms with van der Waals surface area (Å²) in [7, 11) is 0. The Hall–Kier alpha value is -2.08. The Bertz CT molecular complexity index is 703. The highest BCUT2D eigenvalue weighted by molar-refractivity contribution is 6.31. The summed E-state index contributed by atoms with van der Waals surface area (Å²) in [6.07, 6.45) is 0. The highest BCUT2D eigenvalue weighted by Crippen LogP contribution is 2.32. The predicted molar refractivity (Wildman–Crippen MR) is 82.5 cm³/mol. The third-order valence-corrected chi connectivity index (χ3v) is 3.17. The van der Waals surface area contributed by atoms with Crippen LogP contribution in [0.1, 0.15) is 20.8 Å². The highest BCUT2D eigenvalue weighted by atomic mass is 35.5. The van der Waals surface area contributed by atoms with E-state index in [1.165, 1.54) is 4.57 Å². The van der Waals surface area contributed by atoms with Crippen molar-refractivity contribution in [2.75, 3.05) is 18.9 Å². The lowest BCUT2D eigenvalue weighted by molar-refractivity contribution is -0.512. The zero-order valence-electron chi connectivity index (χ0n) is 12.2. The van der Waals surface area contributed by atoms with Gasteiger partial charge >= 0.3 is 0 Å². The van der Waals surface area contributed by atoms with Crippen molar-refractivity contribution in [2.24, 2.45) is 0 Å². The fraction of sp³-hybridized carbons (Fsp3) is 0.357. The van der Waals surface area contributed by atoms with Gasteiger partial charge in [0.25, 0.3) is 5.82 Å². The molecule has 2 aromatic rings. The molecular weight excluding hydrogens is 292 g/mol. The molecule has 0 radical (unpaired) electrons. The molecule has 1 aromatic carbocycles. The SMILES string of the molecule is CCOc1cc2nc(Cl)c(N)[n+](C(C)=N)c2cc1OCC.